The zero-order valence-corrected chi connectivity index (χ0v) is 11.3. The molecule has 0 N–H and O–H groups in total. The molecule has 1 heterocycles. The summed E-state index contributed by atoms with van der Waals surface area (Å²) in [6.07, 6.45) is 2.94. The van der Waals surface area contributed by atoms with Gasteiger partial charge in [0.2, 0.25) is 5.88 Å². The summed E-state index contributed by atoms with van der Waals surface area (Å²) in [6.45, 7) is 0.287. The topological polar surface area (TPSA) is 53.5 Å². The minimum atomic E-state index is 0.287. The number of benzene rings is 1. The maximum Gasteiger partial charge on any atom is 0.234 e. The average molecular weight is 281 g/mol. The first kappa shape index (κ1) is 13.4. The minimum absolute atomic E-state index is 0.287. The second-order valence-electron chi connectivity index (χ2n) is 3.65. The fourth-order valence-electron chi connectivity index (χ4n) is 1.54. The lowest BCUT2D eigenvalue weighted by molar-refractivity contribution is 0.283. The van der Waals surface area contributed by atoms with Crippen molar-refractivity contribution in [1.29, 1.82) is 0 Å². The molecule has 2 aromatic rings. The first-order chi connectivity index (χ1) is 9.22. The highest BCUT2D eigenvalue weighted by atomic mass is 35.5. The smallest absolute Gasteiger partial charge is 0.234 e. The monoisotopic (exact) mass is 280 g/mol. The molecule has 2 rings (SSSR count). The lowest BCUT2D eigenvalue weighted by atomic mass is 10.2. The van der Waals surface area contributed by atoms with Crippen molar-refractivity contribution in [3.63, 3.8) is 0 Å². The van der Waals surface area contributed by atoms with Crippen molar-refractivity contribution in [2.75, 3.05) is 14.2 Å². The zero-order chi connectivity index (χ0) is 13.7. The molecule has 0 aliphatic heterocycles. The third-order valence-electron chi connectivity index (χ3n) is 2.45. The Morgan fingerprint density at radius 2 is 2.00 bits per heavy atom. The summed E-state index contributed by atoms with van der Waals surface area (Å²) in [5, 5.41) is 0.287. The minimum Gasteiger partial charge on any atom is -0.497 e. The fraction of sp³-hybridized carbons (Fsp3) is 0.231. The molecule has 0 aliphatic rings. The number of methoxy groups -OCH3 is 2. The van der Waals surface area contributed by atoms with Gasteiger partial charge in [-0.05, 0) is 18.2 Å². The van der Waals surface area contributed by atoms with E-state index in [1.54, 1.807) is 14.2 Å². The van der Waals surface area contributed by atoms with Gasteiger partial charge in [-0.3, -0.25) is 4.98 Å². The van der Waals surface area contributed by atoms with Crippen molar-refractivity contribution in [2.24, 2.45) is 0 Å². The Morgan fingerprint density at radius 1 is 1.16 bits per heavy atom. The highest BCUT2D eigenvalue weighted by Gasteiger charge is 2.07. The molecule has 19 heavy (non-hydrogen) atoms. The van der Waals surface area contributed by atoms with Gasteiger partial charge < -0.3 is 14.2 Å². The van der Waals surface area contributed by atoms with E-state index in [0.29, 0.717) is 5.88 Å². The average Bonchev–Trinajstić information content (AvgIpc) is 2.45. The van der Waals surface area contributed by atoms with Crippen LogP contribution in [0.5, 0.6) is 17.4 Å². The van der Waals surface area contributed by atoms with Crippen molar-refractivity contribution in [2.45, 2.75) is 6.61 Å². The van der Waals surface area contributed by atoms with Crippen LogP contribution in [-0.2, 0) is 6.61 Å². The number of ether oxygens (including phenoxy) is 3. The van der Waals surface area contributed by atoms with Crippen LogP contribution in [0.1, 0.15) is 5.56 Å². The molecule has 0 bridgehead atoms. The Kier molecular flexibility index (Phi) is 4.41. The van der Waals surface area contributed by atoms with Gasteiger partial charge in [0.15, 0.2) is 5.15 Å². The molecule has 1 aromatic heterocycles. The lowest BCUT2D eigenvalue weighted by Crippen LogP contribution is -2.01. The first-order valence-corrected chi connectivity index (χ1v) is 5.92. The van der Waals surface area contributed by atoms with Crippen LogP contribution in [0.2, 0.25) is 5.15 Å². The molecule has 1 aromatic carbocycles. The van der Waals surface area contributed by atoms with E-state index in [1.807, 2.05) is 18.2 Å². The van der Waals surface area contributed by atoms with Crippen molar-refractivity contribution in [1.82, 2.24) is 9.97 Å². The molecule has 0 saturated heterocycles. The molecule has 0 radical (unpaired) electrons. The predicted octanol–water partition coefficient (Wildman–Crippen LogP) is 2.73. The van der Waals surface area contributed by atoms with Gasteiger partial charge in [0.25, 0.3) is 0 Å². The van der Waals surface area contributed by atoms with Crippen LogP contribution >= 0.6 is 11.6 Å². The summed E-state index contributed by atoms with van der Waals surface area (Å²) >= 11 is 5.73. The summed E-state index contributed by atoms with van der Waals surface area (Å²) in [4.78, 5) is 7.89. The number of aromatic nitrogens is 2. The largest absolute Gasteiger partial charge is 0.497 e. The van der Waals surface area contributed by atoms with Crippen molar-refractivity contribution >= 4 is 11.6 Å². The number of rotatable bonds is 5. The summed E-state index contributed by atoms with van der Waals surface area (Å²) in [6, 6.07) is 5.49. The SMILES string of the molecule is COc1ccc(OC)c(COc2cncc(Cl)n2)c1. The molecule has 100 valence electrons. The summed E-state index contributed by atoms with van der Waals surface area (Å²) in [5.74, 6) is 1.81. The van der Waals surface area contributed by atoms with E-state index in [2.05, 4.69) is 9.97 Å². The van der Waals surface area contributed by atoms with Crippen molar-refractivity contribution in [3.05, 3.63) is 41.3 Å². The molecule has 0 unspecified atom stereocenters. The van der Waals surface area contributed by atoms with Gasteiger partial charge in [-0.15, -0.1) is 0 Å². The summed E-state index contributed by atoms with van der Waals surface area (Å²) in [7, 11) is 3.21. The fourth-order valence-corrected chi connectivity index (χ4v) is 1.68. The van der Waals surface area contributed by atoms with Crippen LogP contribution in [0.15, 0.2) is 30.6 Å². The van der Waals surface area contributed by atoms with E-state index in [9.17, 15) is 0 Å². The van der Waals surface area contributed by atoms with Gasteiger partial charge in [-0.2, -0.15) is 4.98 Å². The van der Waals surface area contributed by atoms with Gasteiger partial charge in [0.05, 0.1) is 26.6 Å². The van der Waals surface area contributed by atoms with E-state index >= 15 is 0 Å². The third-order valence-corrected chi connectivity index (χ3v) is 2.63. The Labute approximate surface area is 116 Å². The molecular weight excluding hydrogens is 268 g/mol. The van der Waals surface area contributed by atoms with Crippen LogP contribution in [0.4, 0.5) is 0 Å². The van der Waals surface area contributed by atoms with Crippen LogP contribution in [-0.4, -0.2) is 24.2 Å². The van der Waals surface area contributed by atoms with Crippen LogP contribution < -0.4 is 14.2 Å². The number of halogens is 1. The standard InChI is InChI=1S/C13H13ClN2O3/c1-17-10-3-4-11(18-2)9(5-10)8-19-13-7-15-6-12(14)16-13/h3-7H,8H2,1-2H3. The Hall–Kier alpha value is -2.01. The van der Waals surface area contributed by atoms with Gasteiger partial charge >= 0.3 is 0 Å². The van der Waals surface area contributed by atoms with Gasteiger partial charge in [-0.1, -0.05) is 11.6 Å². The number of hydrogen-bond donors (Lipinski definition) is 0. The van der Waals surface area contributed by atoms with E-state index in [0.717, 1.165) is 17.1 Å². The molecular formula is C13H13ClN2O3. The van der Waals surface area contributed by atoms with Crippen LogP contribution in [0.3, 0.4) is 0 Å². The second kappa shape index (κ2) is 6.24. The van der Waals surface area contributed by atoms with E-state index < -0.39 is 0 Å². The third kappa shape index (κ3) is 3.48. The van der Waals surface area contributed by atoms with Crippen molar-refractivity contribution in [3.8, 4) is 17.4 Å². The molecule has 0 saturated carbocycles. The Morgan fingerprint density at radius 3 is 2.68 bits per heavy atom. The quantitative estimate of drug-likeness (QED) is 0.843. The molecule has 0 fully saturated rings. The first-order valence-electron chi connectivity index (χ1n) is 5.54. The Bertz CT molecular complexity index is 563. The molecule has 6 heteroatoms. The number of nitrogens with zero attached hydrogens (tertiary/aromatic N) is 2. The summed E-state index contributed by atoms with van der Waals surface area (Å²) in [5.41, 5.74) is 0.851. The zero-order valence-electron chi connectivity index (χ0n) is 10.6. The summed E-state index contributed by atoms with van der Waals surface area (Å²) < 4.78 is 15.9. The maximum atomic E-state index is 5.73. The van der Waals surface area contributed by atoms with Gasteiger partial charge in [0, 0.05) is 5.56 Å². The van der Waals surface area contributed by atoms with E-state index in [1.165, 1.54) is 12.4 Å². The molecule has 0 spiro atoms. The van der Waals surface area contributed by atoms with Gasteiger partial charge in [0.1, 0.15) is 18.1 Å². The highest BCUT2D eigenvalue weighted by molar-refractivity contribution is 6.29. The maximum absolute atomic E-state index is 5.73. The highest BCUT2D eigenvalue weighted by Crippen LogP contribution is 2.25. The van der Waals surface area contributed by atoms with Crippen molar-refractivity contribution < 1.29 is 14.2 Å². The molecule has 0 aliphatic carbocycles. The van der Waals surface area contributed by atoms with E-state index in [4.69, 9.17) is 25.8 Å². The Balaban J connectivity index is 2.14. The second-order valence-corrected chi connectivity index (χ2v) is 4.03. The van der Waals surface area contributed by atoms with Gasteiger partial charge in [-0.25, -0.2) is 0 Å². The number of hydrogen-bond acceptors (Lipinski definition) is 5. The molecule has 5 nitrogen and oxygen atoms in total. The van der Waals surface area contributed by atoms with E-state index in [-0.39, 0.29) is 11.8 Å². The lowest BCUT2D eigenvalue weighted by Gasteiger charge is -2.11. The van der Waals surface area contributed by atoms with Crippen LogP contribution in [0, 0.1) is 0 Å². The van der Waals surface area contributed by atoms with Crippen LogP contribution in [0.25, 0.3) is 0 Å². The molecule has 0 atom stereocenters. The molecule has 0 amide bonds. The normalized spacial score (nSPS) is 10.1. The predicted molar refractivity (Wildman–Crippen MR) is 70.9 cm³/mol.